The molecule has 0 radical (unpaired) electrons. The van der Waals surface area contributed by atoms with Crippen LogP contribution in [-0.2, 0) is 6.54 Å². The summed E-state index contributed by atoms with van der Waals surface area (Å²) in [5.74, 6) is 0.135. The minimum Gasteiger partial charge on any atom is -0.397 e. The first-order valence-corrected chi connectivity index (χ1v) is 6.97. The molecule has 1 aliphatic rings. The molecule has 0 spiro atoms. The van der Waals surface area contributed by atoms with Crippen LogP contribution in [0.5, 0.6) is 0 Å². The molecule has 0 aromatic carbocycles. The molecule has 4 nitrogen and oxygen atoms in total. The molecule has 1 aromatic rings. The highest BCUT2D eigenvalue weighted by Gasteiger charge is 2.19. The molecule has 4 heteroatoms. The van der Waals surface area contributed by atoms with Crippen molar-refractivity contribution in [2.75, 3.05) is 18.8 Å². The molecular weight excluding hydrogens is 226 g/mol. The second-order valence-corrected chi connectivity index (χ2v) is 5.00. The number of carbonyl (C=O) groups is 1. The third-order valence-corrected chi connectivity index (χ3v) is 3.62. The Morgan fingerprint density at radius 1 is 1.22 bits per heavy atom. The molecule has 2 N–H and O–H groups in total. The Balaban J connectivity index is 2.12. The minimum absolute atomic E-state index is 0.135. The first kappa shape index (κ1) is 13.0. The first-order valence-electron chi connectivity index (χ1n) is 6.97. The van der Waals surface area contributed by atoms with Gasteiger partial charge in [0.2, 0.25) is 0 Å². The Kier molecular flexibility index (Phi) is 4.28. The number of amides is 1. The summed E-state index contributed by atoms with van der Waals surface area (Å²) in [5.41, 5.74) is 7.19. The first-order chi connectivity index (χ1) is 8.72. The van der Waals surface area contributed by atoms with E-state index in [0.717, 1.165) is 38.2 Å². The molecule has 1 saturated heterocycles. The van der Waals surface area contributed by atoms with E-state index in [1.807, 2.05) is 22.6 Å². The SMILES string of the molecule is CCn1cc(N)cc1C(=O)N1CCCCCCC1. The number of likely N-dealkylation sites (tertiary alicyclic amines) is 1. The quantitative estimate of drug-likeness (QED) is 0.875. The number of nitrogens with zero attached hydrogens (tertiary/aromatic N) is 2. The fourth-order valence-electron chi connectivity index (χ4n) is 2.59. The van der Waals surface area contributed by atoms with Gasteiger partial charge in [-0.15, -0.1) is 0 Å². The molecule has 1 amide bonds. The van der Waals surface area contributed by atoms with Crippen LogP contribution in [-0.4, -0.2) is 28.5 Å². The van der Waals surface area contributed by atoms with Crippen LogP contribution >= 0.6 is 0 Å². The van der Waals surface area contributed by atoms with Gasteiger partial charge in [-0.2, -0.15) is 0 Å². The number of aromatic nitrogens is 1. The van der Waals surface area contributed by atoms with Gasteiger partial charge in [-0.1, -0.05) is 19.3 Å². The fourth-order valence-corrected chi connectivity index (χ4v) is 2.59. The van der Waals surface area contributed by atoms with Crippen molar-refractivity contribution in [3.8, 4) is 0 Å². The van der Waals surface area contributed by atoms with Crippen LogP contribution in [0.15, 0.2) is 12.3 Å². The van der Waals surface area contributed by atoms with Crippen LogP contribution in [0.4, 0.5) is 5.69 Å². The van der Waals surface area contributed by atoms with E-state index in [9.17, 15) is 4.79 Å². The van der Waals surface area contributed by atoms with Gasteiger partial charge in [-0.25, -0.2) is 0 Å². The van der Waals surface area contributed by atoms with Gasteiger partial charge in [0, 0.05) is 25.8 Å². The van der Waals surface area contributed by atoms with Gasteiger partial charge in [0.15, 0.2) is 0 Å². The van der Waals surface area contributed by atoms with Crippen LogP contribution in [0.2, 0.25) is 0 Å². The van der Waals surface area contributed by atoms with Crippen molar-refractivity contribution in [2.45, 2.75) is 45.6 Å². The number of aryl methyl sites for hydroxylation is 1. The molecule has 0 bridgehead atoms. The van der Waals surface area contributed by atoms with E-state index in [-0.39, 0.29) is 5.91 Å². The Morgan fingerprint density at radius 2 is 1.83 bits per heavy atom. The van der Waals surface area contributed by atoms with Crippen molar-refractivity contribution in [3.05, 3.63) is 18.0 Å². The van der Waals surface area contributed by atoms with Gasteiger partial charge in [0.25, 0.3) is 5.91 Å². The third-order valence-electron chi connectivity index (χ3n) is 3.62. The van der Waals surface area contributed by atoms with Gasteiger partial charge in [-0.05, 0) is 25.8 Å². The zero-order valence-electron chi connectivity index (χ0n) is 11.2. The smallest absolute Gasteiger partial charge is 0.270 e. The van der Waals surface area contributed by atoms with Crippen molar-refractivity contribution >= 4 is 11.6 Å². The van der Waals surface area contributed by atoms with Crippen molar-refractivity contribution in [3.63, 3.8) is 0 Å². The second-order valence-electron chi connectivity index (χ2n) is 5.00. The Bertz CT molecular complexity index is 403. The number of nitrogen functional groups attached to an aromatic ring is 1. The molecular formula is C14H23N3O. The van der Waals surface area contributed by atoms with E-state index in [4.69, 9.17) is 5.73 Å². The zero-order chi connectivity index (χ0) is 13.0. The van der Waals surface area contributed by atoms with Crippen LogP contribution in [0.3, 0.4) is 0 Å². The predicted octanol–water partition coefficient (Wildman–Crippen LogP) is 2.50. The molecule has 1 aromatic heterocycles. The molecule has 0 aliphatic carbocycles. The van der Waals surface area contributed by atoms with Crippen LogP contribution in [0, 0.1) is 0 Å². The van der Waals surface area contributed by atoms with Gasteiger partial charge >= 0.3 is 0 Å². The summed E-state index contributed by atoms with van der Waals surface area (Å²) in [6.45, 7) is 4.58. The average Bonchev–Trinajstić information content (AvgIpc) is 2.69. The molecule has 0 saturated carbocycles. The standard InChI is InChI=1S/C14H23N3O/c1-2-16-11-12(15)10-13(16)14(18)17-8-6-4-3-5-7-9-17/h10-11H,2-9,15H2,1H3. The summed E-state index contributed by atoms with van der Waals surface area (Å²) in [4.78, 5) is 14.5. The average molecular weight is 249 g/mol. The maximum atomic E-state index is 12.5. The van der Waals surface area contributed by atoms with Gasteiger partial charge in [0.05, 0.1) is 5.69 Å². The topological polar surface area (TPSA) is 51.3 Å². The summed E-state index contributed by atoms with van der Waals surface area (Å²) >= 11 is 0. The molecule has 100 valence electrons. The lowest BCUT2D eigenvalue weighted by molar-refractivity contribution is 0.0731. The maximum absolute atomic E-state index is 12.5. The molecule has 0 atom stereocenters. The molecule has 1 fully saturated rings. The Labute approximate surface area is 109 Å². The van der Waals surface area contributed by atoms with E-state index >= 15 is 0 Å². The Hall–Kier alpha value is -1.45. The normalized spacial score (nSPS) is 17.3. The highest BCUT2D eigenvalue weighted by Crippen LogP contribution is 2.16. The number of hydrogen-bond acceptors (Lipinski definition) is 2. The molecule has 2 heterocycles. The van der Waals surface area contributed by atoms with E-state index in [2.05, 4.69) is 0 Å². The van der Waals surface area contributed by atoms with E-state index in [1.54, 1.807) is 6.07 Å². The van der Waals surface area contributed by atoms with E-state index in [0.29, 0.717) is 5.69 Å². The fraction of sp³-hybridized carbons (Fsp3) is 0.643. The van der Waals surface area contributed by atoms with Crippen LogP contribution < -0.4 is 5.73 Å². The molecule has 2 rings (SSSR count). The van der Waals surface area contributed by atoms with Crippen LogP contribution in [0.25, 0.3) is 0 Å². The van der Waals surface area contributed by atoms with Crippen molar-refractivity contribution < 1.29 is 4.79 Å². The monoisotopic (exact) mass is 249 g/mol. The van der Waals surface area contributed by atoms with Gasteiger partial charge in [0.1, 0.15) is 5.69 Å². The number of rotatable bonds is 2. The van der Waals surface area contributed by atoms with Crippen molar-refractivity contribution in [1.29, 1.82) is 0 Å². The number of nitrogens with two attached hydrogens (primary N) is 1. The lowest BCUT2D eigenvalue weighted by atomic mass is 10.1. The minimum atomic E-state index is 0.135. The summed E-state index contributed by atoms with van der Waals surface area (Å²) in [6.07, 6.45) is 7.86. The zero-order valence-corrected chi connectivity index (χ0v) is 11.2. The highest BCUT2D eigenvalue weighted by atomic mass is 16.2. The lowest BCUT2D eigenvalue weighted by Gasteiger charge is -2.25. The van der Waals surface area contributed by atoms with Crippen LogP contribution in [0.1, 0.15) is 49.5 Å². The lowest BCUT2D eigenvalue weighted by Crippen LogP contribution is -2.35. The van der Waals surface area contributed by atoms with Crippen molar-refractivity contribution in [2.24, 2.45) is 0 Å². The van der Waals surface area contributed by atoms with E-state index < -0.39 is 0 Å². The number of anilines is 1. The highest BCUT2D eigenvalue weighted by molar-refractivity contribution is 5.93. The molecule has 1 aliphatic heterocycles. The summed E-state index contributed by atoms with van der Waals surface area (Å²) < 4.78 is 1.94. The van der Waals surface area contributed by atoms with E-state index in [1.165, 1.54) is 19.3 Å². The third kappa shape index (κ3) is 2.86. The molecule has 18 heavy (non-hydrogen) atoms. The van der Waals surface area contributed by atoms with Crippen molar-refractivity contribution in [1.82, 2.24) is 9.47 Å². The summed E-state index contributed by atoms with van der Waals surface area (Å²) in [5, 5.41) is 0. The Morgan fingerprint density at radius 3 is 2.44 bits per heavy atom. The number of hydrogen-bond donors (Lipinski definition) is 1. The largest absolute Gasteiger partial charge is 0.397 e. The molecule has 0 unspecified atom stereocenters. The predicted molar refractivity (Wildman–Crippen MR) is 73.5 cm³/mol. The number of carbonyl (C=O) groups excluding carboxylic acids is 1. The summed E-state index contributed by atoms with van der Waals surface area (Å²) in [7, 11) is 0. The maximum Gasteiger partial charge on any atom is 0.270 e. The van der Waals surface area contributed by atoms with Gasteiger partial charge < -0.3 is 15.2 Å². The second kappa shape index (κ2) is 5.94. The van der Waals surface area contributed by atoms with Gasteiger partial charge in [-0.3, -0.25) is 4.79 Å². The summed E-state index contributed by atoms with van der Waals surface area (Å²) in [6, 6.07) is 1.80.